The third kappa shape index (κ3) is 2.52. The third-order valence-corrected chi connectivity index (χ3v) is 3.14. The summed E-state index contributed by atoms with van der Waals surface area (Å²) >= 11 is 0. The minimum absolute atomic E-state index is 0.264. The van der Waals surface area contributed by atoms with E-state index in [1.165, 1.54) is 22.4 Å². The molecular weight excluding hydrogens is 210 g/mol. The fourth-order valence-electron chi connectivity index (χ4n) is 2.05. The average molecular weight is 229 g/mol. The molecule has 0 saturated heterocycles. The van der Waals surface area contributed by atoms with Gasteiger partial charge in [-0.05, 0) is 37.5 Å². The molecule has 1 unspecified atom stereocenters. The van der Waals surface area contributed by atoms with Gasteiger partial charge in [0.25, 0.3) is 0 Å². The van der Waals surface area contributed by atoms with Crippen LogP contribution >= 0.6 is 0 Å². The Kier molecular flexibility index (Phi) is 3.52. The molecule has 2 aromatic rings. The lowest BCUT2D eigenvalue weighted by Crippen LogP contribution is -2.08. The number of hydrogen-bond donors (Lipinski definition) is 1. The van der Waals surface area contributed by atoms with E-state index in [1.807, 2.05) is 6.07 Å². The van der Waals surface area contributed by atoms with Crippen LogP contribution in [-0.2, 0) is 6.42 Å². The van der Waals surface area contributed by atoms with Crippen LogP contribution in [0.3, 0.4) is 0 Å². The first kappa shape index (κ1) is 11.8. The molecule has 1 atom stereocenters. The Morgan fingerprint density at radius 3 is 2.76 bits per heavy atom. The van der Waals surface area contributed by atoms with Crippen molar-refractivity contribution in [2.45, 2.75) is 33.2 Å². The third-order valence-electron chi connectivity index (χ3n) is 3.14. The summed E-state index contributed by atoms with van der Waals surface area (Å²) < 4.78 is 5.12. The Bertz CT molecular complexity index is 474. The summed E-state index contributed by atoms with van der Waals surface area (Å²) in [6.45, 7) is 6.47. The zero-order chi connectivity index (χ0) is 12.3. The zero-order valence-corrected chi connectivity index (χ0v) is 10.7. The van der Waals surface area contributed by atoms with Crippen molar-refractivity contribution in [1.29, 1.82) is 0 Å². The van der Waals surface area contributed by atoms with Crippen molar-refractivity contribution < 1.29 is 4.42 Å². The molecule has 17 heavy (non-hydrogen) atoms. The fourth-order valence-corrected chi connectivity index (χ4v) is 2.05. The van der Waals surface area contributed by atoms with Gasteiger partial charge in [0, 0.05) is 11.3 Å². The molecule has 0 fully saturated rings. The summed E-state index contributed by atoms with van der Waals surface area (Å²) in [4.78, 5) is 0. The number of anilines is 1. The van der Waals surface area contributed by atoms with E-state index in [9.17, 15) is 0 Å². The molecule has 0 amide bonds. The van der Waals surface area contributed by atoms with Crippen LogP contribution in [0, 0.1) is 6.92 Å². The summed E-state index contributed by atoms with van der Waals surface area (Å²) in [6.07, 6.45) is 4.55. The van der Waals surface area contributed by atoms with Crippen molar-refractivity contribution in [3.05, 3.63) is 53.5 Å². The molecule has 0 saturated carbocycles. The van der Waals surface area contributed by atoms with E-state index in [0.717, 1.165) is 6.42 Å². The first-order valence-corrected chi connectivity index (χ1v) is 6.09. The molecule has 1 aromatic carbocycles. The molecule has 90 valence electrons. The topological polar surface area (TPSA) is 25.2 Å². The second-order valence-corrected chi connectivity index (χ2v) is 4.39. The minimum atomic E-state index is 0.264. The molecule has 1 N–H and O–H groups in total. The lowest BCUT2D eigenvalue weighted by Gasteiger charge is -2.18. The van der Waals surface area contributed by atoms with Crippen LogP contribution in [0.5, 0.6) is 0 Å². The van der Waals surface area contributed by atoms with Gasteiger partial charge in [0.15, 0.2) is 0 Å². The highest BCUT2D eigenvalue weighted by Crippen LogP contribution is 2.26. The quantitative estimate of drug-likeness (QED) is 0.844. The second kappa shape index (κ2) is 5.09. The van der Waals surface area contributed by atoms with Crippen molar-refractivity contribution >= 4 is 5.69 Å². The predicted molar refractivity (Wildman–Crippen MR) is 71.3 cm³/mol. The molecule has 2 heteroatoms. The molecule has 1 heterocycles. The van der Waals surface area contributed by atoms with E-state index in [2.05, 4.69) is 44.3 Å². The van der Waals surface area contributed by atoms with Gasteiger partial charge in [0.05, 0.1) is 18.6 Å². The fraction of sp³-hybridized carbons (Fsp3) is 0.333. The van der Waals surface area contributed by atoms with Crippen molar-refractivity contribution in [3.63, 3.8) is 0 Å². The molecule has 0 spiro atoms. The Morgan fingerprint density at radius 2 is 2.12 bits per heavy atom. The maximum atomic E-state index is 5.12. The maximum absolute atomic E-state index is 5.12. The monoisotopic (exact) mass is 229 g/mol. The average Bonchev–Trinajstić information content (AvgIpc) is 2.85. The summed E-state index contributed by atoms with van der Waals surface area (Å²) in [7, 11) is 0. The van der Waals surface area contributed by atoms with E-state index < -0.39 is 0 Å². The van der Waals surface area contributed by atoms with Crippen LogP contribution in [-0.4, -0.2) is 0 Å². The van der Waals surface area contributed by atoms with Crippen LogP contribution < -0.4 is 5.32 Å². The molecule has 2 nitrogen and oxygen atoms in total. The molecular formula is C15H19NO. The Balaban J connectivity index is 2.24. The van der Waals surface area contributed by atoms with Gasteiger partial charge in [0.1, 0.15) is 0 Å². The summed E-state index contributed by atoms with van der Waals surface area (Å²) in [5.41, 5.74) is 5.08. The smallest absolute Gasteiger partial charge is 0.0955 e. The normalized spacial score (nSPS) is 12.4. The van der Waals surface area contributed by atoms with Gasteiger partial charge in [-0.3, -0.25) is 0 Å². The molecule has 0 aliphatic rings. The van der Waals surface area contributed by atoms with Gasteiger partial charge in [-0.1, -0.05) is 25.1 Å². The molecule has 0 radical (unpaired) electrons. The maximum Gasteiger partial charge on any atom is 0.0955 e. The van der Waals surface area contributed by atoms with Crippen LogP contribution in [0.15, 0.2) is 41.2 Å². The second-order valence-electron chi connectivity index (χ2n) is 4.39. The molecule has 0 bridgehead atoms. The van der Waals surface area contributed by atoms with E-state index in [-0.39, 0.29) is 6.04 Å². The standard InChI is InChI=1S/C15H19NO/c1-4-13-7-5-6-11(2)15(13)16-12(3)14-8-9-17-10-14/h5-10,12,16H,4H2,1-3H3. The highest BCUT2D eigenvalue weighted by molar-refractivity contribution is 5.58. The van der Waals surface area contributed by atoms with Gasteiger partial charge in [0.2, 0.25) is 0 Å². The van der Waals surface area contributed by atoms with Crippen LogP contribution in [0.25, 0.3) is 0 Å². The van der Waals surface area contributed by atoms with E-state index in [4.69, 9.17) is 4.42 Å². The lowest BCUT2D eigenvalue weighted by molar-refractivity contribution is 0.562. The van der Waals surface area contributed by atoms with Gasteiger partial charge in [-0.15, -0.1) is 0 Å². The predicted octanol–water partition coefficient (Wildman–Crippen LogP) is 4.32. The number of para-hydroxylation sites is 1. The van der Waals surface area contributed by atoms with Gasteiger partial charge < -0.3 is 9.73 Å². The first-order chi connectivity index (χ1) is 8.22. The van der Waals surface area contributed by atoms with Crippen molar-refractivity contribution in [3.8, 4) is 0 Å². The minimum Gasteiger partial charge on any atom is -0.472 e. The van der Waals surface area contributed by atoms with Gasteiger partial charge in [-0.2, -0.15) is 0 Å². The molecule has 1 aromatic heterocycles. The van der Waals surface area contributed by atoms with Crippen molar-refractivity contribution in [1.82, 2.24) is 0 Å². The number of aryl methyl sites for hydroxylation is 2. The summed E-state index contributed by atoms with van der Waals surface area (Å²) in [5.74, 6) is 0. The van der Waals surface area contributed by atoms with Gasteiger partial charge in [-0.25, -0.2) is 0 Å². The van der Waals surface area contributed by atoms with Crippen LogP contribution in [0.2, 0.25) is 0 Å². The SMILES string of the molecule is CCc1cccc(C)c1NC(C)c1ccoc1. The van der Waals surface area contributed by atoms with Crippen molar-refractivity contribution in [2.75, 3.05) is 5.32 Å². The molecule has 0 aliphatic heterocycles. The van der Waals surface area contributed by atoms with Crippen molar-refractivity contribution in [2.24, 2.45) is 0 Å². The zero-order valence-electron chi connectivity index (χ0n) is 10.7. The largest absolute Gasteiger partial charge is 0.472 e. The number of hydrogen-bond acceptors (Lipinski definition) is 2. The summed E-state index contributed by atoms with van der Waals surface area (Å²) in [5, 5.41) is 3.57. The summed E-state index contributed by atoms with van der Waals surface area (Å²) in [6, 6.07) is 8.70. The Labute approximate surface area is 103 Å². The Morgan fingerprint density at radius 1 is 1.29 bits per heavy atom. The molecule has 2 rings (SSSR count). The number of furan rings is 1. The van der Waals surface area contributed by atoms with Crippen LogP contribution in [0.1, 0.15) is 36.6 Å². The van der Waals surface area contributed by atoms with E-state index in [1.54, 1.807) is 12.5 Å². The highest BCUT2D eigenvalue weighted by atomic mass is 16.3. The van der Waals surface area contributed by atoms with Crippen LogP contribution in [0.4, 0.5) is 5.69 Å². The number of nitrogens with one attached hydrogen (secondary N) is 1. The van der Waals surface area contributed by atoms with Gasteiger partial charge >= 0.3 is 0 Å². The van der Waals surface area contributed by atoms with E-state index >= 15 is 0 Å². The number of rotatable bonds is 4. The van der Waals surface area contributed by atoms with E-state index in [0.29, 0.717) is 0 Å². The lowest BCUT2D eigenvalue weighted by atomic mass is 10.0. The first-order valence-electron chi connectivity index (χ1n) is 6.09. The highest BCUT2D eigenvalue weighted by Gasteiger charge is 2.10. The Hall–Kier alpha value is -1.70. The number of benzene rings is 1. The molecule has 0 aliphatic carbocycles.